The van der Waals surface area contributed by atoms with E-state index in [-0.39, 0.29) is 18.4 Å². The van der Waals surface area contributed by atoms with E-state index in [1.54, 1.807) is 32.6 Å². The zero-order chi connectivity index (χ0) is 20.3. The van der Waals surface area contributed by atoms with Crippen LogP contribution in [0, 0.1) is 4.77 Å². The fourth-order valence-corrected chi connectivity index (χ4v) is 3.92. The zero-order valence-electron chi connectivity index (χ0n) is 15.5. The molecule has 0 unspecified atom stereocenters. The van der Waals surface area contributed by atoms with E-state index >= 15 is 0 Å². The highest BCUT2D eigenvalue weighted by molar-refractivity contribution is 7.71. The third kappa shape index (κ3) is 4.74. The number of aryl methyl sites for hydroxylation is 1. The number of aromatic nitrogens is 3. The van der Waals surface area contributed by atoms with Gasteiger partial charge in [-0.15, -0.1) is 0 Å². The molecule has 1 aliphatic rings. The molecule has 2 aromatic rings. The molecule has 2 heterocycles. The number of hydrogen-bond donors (Lipinski definition) is 1. The van der Waals surface area contributed by atoms with Gasteiger partial charge in [-0.3, -0.25) is 19.3 Å². The first kappa shape index (κ1) is 20.8. The van der Waals surface area contributed by atoms with Gasteiger partial charge in [0.05, 0.1) is 0 Å². The highest BCUT2D eigenvalue weighted by Gasteiger charge is 2.26. The molecule has 150 valence electrons. The summed E-state index contributed by atoms with van der Waals surface area (Å²) in [5.41, 5.74) is 0.450. The van der Waals surface area contributed by atoms with E-state index in [1.807, 2.05) is 6.92 Å². The van der Waals surface area contributed by atoms with Crippen LogP contribution >= 0.6 is 35.4 Å². The maximum absolute atomic E-state index is 12.7. The van der Waals surface area contributed by atoms with Crippen LogP contribution < -0.4 is 0 Å². The van der Waals surface area contributed by atoms with Crippen molar-refractivity contribution in [1.82, 2.24) is 24.6 Å². The smallest absolute Gasteiger partial charge is 0.254 e. The Morgan fingerprint density at radius 1 is 1.11 bits per heavy atom. The van der Waals surface area contributed by atoms with Gasteiger partial charge < -0.3 is 9.80 Å². The molecule has 1 aromatic heterocycles. The van der Waals surface area contributed by atoms with Crippen molar-refractivity contribution in [2.75, 3.05) is 26.2 Å². The van der Waals surface area contributed by atoms with Crippen molar-refractivity contribution in [3.8, 4) is 0 Å². The summed E-state index contributed by atoms with van der Waals surface area (Å²) in [6.07, 6.45) is 1.67. The predicted molar refractivity (Wildman–Crippen MR) is 110 cm³/mol. The number of aromatic amines is 1. The van der Waals surface area contributed by atoms with E-state index in [2.05, 4.69) is 10.2 Å². The Labute approximate surface area is 178 Å². The lowest BCUT2D eigenvalue weighted by molar-refractivity contribution is -0.133. The number of carbonyl (C=O) groups excluding carboxylic acids is 2. The number of amides is 2. The third-order valence-electron chi connectivity index (χ3n) is 4.63. The number of benzene rings is 1. The average Bonchev–Trinajstić information content (AvgIpc) is 3.00. The number of piperazine rings is 1. The van der Waals surface area contributed by atoms with E-state index in [4.69, 9.17) is 35.4 Å². The minimum Gasteiger partial charge on any atom is -0.338 e. The predicted octanol–water partition coefficient (Wildman–Crippen LogP) is 3.18. The standard InChI is InChI=1S/C18H21Cl2N5O2S/c1-2-3-15-21-22-18(28)25(15)11-16(26)23-4-6-24(7-5-23)17(27)12-8-13(19)10-14(20)9-12/h8-10H,2-7,11H2,1H3,(H,22,28). The molecule has 0 aliphatic carbocycles. The number of nitrogens with one attached hydrogen (secondary N) is 1. The third-order valence-corrected chi connectivity index (χ3v) is 5.38. The fraction of sp³-hybridized carbons (Fsp3) is 0.444. The van der Waals surface area contributed by atoms with Gasteiger partial charge in [0, 0.05) is 48.2 Å². The first-order valence-corrected chi connectivity index (χ1v) is 10.2. The van der Waals surface area contributed by atoms with Crippen molar-refractivity contribution in [2.24, 2.45) is 0 Å². The van der Waals surface area contributed by atoms with Gasteiger partial charge in [0.25, 0.3) is 5.91 Å². The molecule has 0 atom stereocenters. The minimum absolute atomic E-state index is 0.0345. The van der Waals surface area contributed by atoms with Crippen LogP contribution in [0.25, 0.3) is 0 Å². The van der Waals surface area contributed by atoms with Gasteiger partial charge in [-0.25, -0.2) is 0 Å². The second-order valence-electron chi connectivity index (χ2n) is 6.61. The van der Waals surface area contributed by atoms with E-state index in [0.29, 0.717) is 46.6 Å². The molecule has 1 saturated heterocycles. The summed E-state index contributed by atoms with van der Waals surface area (Å²) >= 11 is 17.2. The number of carbonyl (C=O) groups is 2. The number of hydrogen-bond acceptors (Lipinski definition) is 4. The Morgan fingerprint density at radius 3 is 2.32 bits per heavy atom. The molecule has 7 nitrogen and oxygen atoms in total. The molecular weight excluding hydrogens is 421 g/mol. The van der Waals surface area contributed by atoms with Crippen molar-refractivity contribution < 1.29 is 9.59 Å². The second kappa shape index (κ2) is 9.07. The van der Waals surface area contributed by atoms with Crippen molar-refractivity contribution in [2.45, 2.75) is 26.3 Å². The molecule has 1 aliphatic heterocycles. The van der Waals surface area contributed by atoms with Crippen LogP contribution in [0.3, 0.4) is 0 Å². The van der Waals surface area contributed by atoms with Crippen LogP contribution in [0.5, 0.6) is 0 Å². The van der Waals surface area contributed by atoms with Gasteiger partial charge in [-0.05, 0) is 36.8 Å². The van der Waals surface area contributed by atoms with Gasteiger partial charge >= 0.3 is 0 Å². The molecule has 10 heteroatoms. The topological polar surface area (TPSA) is 74.2 Å². The maximum atomic E-state index is 12.7. The van der Waals surface area contributed by atoms with Gasteiger partial charge in [0.2, 0.25) is 5.91 Å². The van der Waals surface area contributed by atoms with Crippen LogP contribution in [0.1, 0.15) is 29.5 Å². The van der Waals surface area contributed by atoms with Crippen LogP contribution in [0.15, 0.2) is 18.2 Å². The van der Waals surface area contributed by atoms with Crippen molar-refractivity contribution in [3.05, 3.63) is 44.4 Å². The fourth-order valence-electron chi connectivity index (χ4n) is 3.18. The lowest BCUT2D eigenvalue weighted by atomic mass is 10.2. The number of nitrogens with zero attached hydrogens (tertiary/aromatic N) is 4. The van der Waals surface area contributed by atoms with Gasteiger partial charge in [-0.1, -0.05) is 30.1 Å². The van der Waals surface area contributed by atoms with Gasteiger partial charge in [0.15, 0.2) is 4.77 Å². The lowest BCUT2D eigenvalue weighted by Crippen LogP contribution is -2.51. The van der Waals surface area contributed by atoms with Crippen LogP contribution in [0.4, 0.5) is 0 Å². The summed E-state index contributed by atoms with van der Waals surface area (Å²) in [6.45, 7) is 4.04. The summed E-state index contributed by atoms with van der Waals surface area (Å²) in [7, 11) is 0. The average molecular weight is 442 g/mol. The molecule has 0 spiro atoms. The van der Waals surface area contributed by atoms with Gasteiger partial charge in [0.1, 0.15) is 12.4 Å². The molecule has 1 N–H and O–H groups in total. The molecule has 0 saturated carbocycles. The lowest BCUT2D eigenvalue weighted by Gasteiger charge is -2.35. The van der Waals surface area contributed by atoms with Crippen LogP contribution in [0.2, 0.25) is 10.0 Å². The monoisotopic (exact) mass is 441 g/mol. The summed E-state index contributed by atoms with van der Waals surface area (Å²) < 4.78 is 2.19. The van der Waals surface area contributed by atoms with E-state index < -0.39 is 0 Å². The summed E-state index contributed by atoms with van der Waals surface area (Å²) in [6, 6.07) is 4.79. The summed E-state index contributed by atoms with van der Waals surface area (Å²) in [5.74, 6) is 0.610. The quantitative estimate of drug-likeness (QED) is 0.722. The second-order valence-corrected chi connectivity index (χ2v) is 7.87. The Balaban J connectivity index is 1.60. The molecule has 28 heavy (non-hydrogen) atoms. The van der Waals surface area contributed by atoms with Gasteiger partial charge in [-0.2, -0.15) is 5.10 Å². The van der Waals surface area contributed by atoms with Crippen molar-refractivity contribution in [3.63, 3.8) is 0 Å². The largest absolute Gasteiger partial charge is 0.338 e. The normalized spacial score (nSPS) is 14.4. The molecule has 1 aromatic carbocycles. The Morgan fingerprint density at radius 2 is 1.71 bits per heavy atom. The Hall–Kier alpha value is -1.90. The highest BCUT2D eigenvalue weighted by atomic mass is 35.5. The Kier molecular flexibility index (Phi) is 6.74. The Bertz CT molecular complexity index is 914. The van der Waals surface area contributed by atoms with E-state index in [9.17, 15) is 9.59 Å². The first-order chi connectivity index (χ1) is 13.4. The van der Waals surface area contributed by atoms with E-state index in [1.165, 1.54) is 0 Å². The molecular formula is C18H21Cl2N5O2S. The number of rotatable bonds is 5. The molecule has 1 fully saturated rings. The molecule has 2 amide bonds. The molecule has 0 bridgehead atoms. The van der Waals surface area contributed by atoms with Crippen molar-refractivity contribution >= 4 is 47.2 Å². The van der Waals surface area contributed by atoms with Crippen LogP contribution in [-0.4, -0.2) is 62.6 Å². The van der Waals surface area contributed by atoms with E-state index in [0.717, 1.165) is 18.7 Å². The number of H-pyrrole nitrogens is 1. The molecule has 0 radical (unpaired) electrons. The zero-order valence-corrected chi connectivity index (χ0v) is 17.8. The summed E-state index contributed by atoms with van der Waals surface area (Å²) in [5, 5.41) is 7.78. The molecule has 3 rings (SSSR count). The maximum Gasteiger partial charge on any atom is 0.254 e. The summed E-state index contributed by atoms with van der Waals surface area (Å²) in [4.78, 5) is 28.8. The SMILES string of the molecule is CCCc1n[nH]c(=S)n1CC(=O)N1CCN(C(=O)c2cc(Cl)cc(Cl)c2)CC1. The van der Waals surface area contributed by atoms with Crippen molar-refractivity contribution in [1.29, 1.82) is 0 Å². The first-order valence-electron chi connectivity index (χ1n) is 9.06. The minimum atomic E-state index is -0.140. The number of halogens is 2. The van der Waals surface area contributed by atoms with Crippen LogP contribution in [-0.2, 0) is 17.8 Å². The highest BCUT2D eigenvalue weighted by Crippen LogP contribution is 2.20.